The third kappa shape index (κ3) is 3.41. The minimum Gasteiger partial charge on any atom is -0.495 e. The van der Waals surface area contributed by atoms with Crippen LogP contribution in [0.3, 0.4) is 0 Å². The first-order chi connectivity index (χ1) is 11.6. The van der Waals surface area contributed by atoms with Crippen molar-refractivity contribution in [1.29, 1.82) is 0 Å². The molecule has 1 aromatic carbocycles. The van der Waals surface area contributed by atoms with Crippen molar-refractivity contribution in [3.63, 3.8) is 0 Å². The lowest BCUT2D eigenvalue weighted by atomic mass is 10.3. The Hall–Kier alpha value is -2.80. The lowest BCUT2D eigenvalue weighted by molar-refractivity contribution is -0.116. The number of anilines is 1. The molecule has 1 amide bonds. The molecule has 0 bridgehead atoms. The molecule has 0 saturated heterocycles. The standard InChI is InChI=1S/C16H15ClN4O3/c1-10-19-20-16(24-10)13-4-3-7-21(13)9-15(22)18-11-5-6-14(23-2)12(17)8-11/h3-8H,9H2,1-2H3,(H,18,22). The van der Waals surface area contributed by atoms with Gasteiger partial charge in [-0.3, -0.25) is 4.79 Å². The molecular formula is C16H15ClN4O3. The molecule has 7 nitrogen and oxygen atoms in total. The summed E-state index contributed by atoms with van der Waals surface area (Å²) in [6.07, 6.45) is 1.77. The molecule has 0 fully saturated rings. The summed E-state index contributed by atoms with van der Waals surface area (Å²) in [6.45, 7) is 1.82. The summed E-state index contributed by atoms with van der Waals surface area (Å²) in [5.74, 6) is 1.19. The highest BCUT2D eigenvalue weighted by molar-refractivity contribution is 6.32. The Morgan fingerprint density at radius 3 is 2.88 bits per heavy atom. The molecule has 0 aliphatic heterocycles. The summed E-state index contributed by atoms with van der Waals surface area (Å²) in [5.41, 5.74) is 1.27. The predicted molar refractivity (Wildman–Crippen MR) is 89.1 cm³/mol. The Bertz CT molecular complexity index is 872. The summed E-state index contributed by atoms with van der Waals surface area (Å²) in [4.78, 5) is 12.3. The number of rotatable bonds is 5. The van der Waals surface area contributed by atoms with Crippen molar-refractivity contribution in [2.75, 3.05) is 12.4 Å². The number of carbonyl (C=O) groups excluding carboxylic acids is 1. The summed E-state index contributed by atoms with van der Waals surface area (Å²) in [6, 6.07) is 8.67. The van der Waals surface area contributed by atoms with Crippen LogP contribution in [0.25, 0.3) is 11.6 Å². The second-order valence-corrected chi connectivity index (χ2v) is 5.45. The Morgan fingerprint density at radius 2 is 2.21 bits per heavy atom. The van der Waals surface area contributed by atoms with E-state index in [-0.39, 0.29) is 12.5 Å². The van der Waals surface area contributed by atoms with E-state index in [1.54, 1.807) is 35.9 Å². The van der Waals surface area contributed by atoms with Crippen LogP contribution in [0.5, 0.6) is 5.75 Å². The number of hydrogen-bond donors (Lipinski definition) is 1. The second-order valence-electron chi connectivity index (χ2n) is 5.05. The minimum atomic E-state index is -0.204. The van der Waals surface area contributed by atoms with Crippen LogP contribution >= 0.6 is 11.6 Å². The first-order valence-electron chi connectivity index (χ1n) is 7.16. The normalized spacial score (nSPS) is 10.6. The van der Waals surface area contributed by atoms with E-state index in [1.807, 2.05) is 12.1 Å². The number of halogens is 1. The zero-order chi connectivity index (χ0) is 17.1. The van der Waals surface area contributed by atoms with Gasteiger partial charge in [0.1, 0.15) is 18.0 Å². The zero-order valence-corrected chi connectivity index (χ0v) is 13.9. The van der Waals surface area contributed by atoms with E-state index in [0.29, 0.717) is 33.9 Å². The Kier molecular flexibility index (Phi) is 4.52. The van der Waals surface area contributed by atoms with Crippen LogP contribution in [-0.4, -0.2) is 27.8 Å². The summed E-state index contributed by atoms with van der Waals surface area (Å²) >= 11 is 6.05. The maximum absolute atomic E-state index is 12.3. The fourth-order valence-corrected chi connectivity index (χ4v) is 2.50. The molecule has 2 heterocycles. The average molecular weight is 347 g/mol. The molecule has 1 N–H and O–H groups in total. The van der Waals surface area contributed by atoms with E-state index in [2.05, 4.69) is 15.5 Å². The molecule has 3 aromatic rings. The quantitative estimate of drug-likeness (QED) is 0.767. The van der Waals surface area contributed by atoms with Gasteiger partial charge in [-0.15, -0.1) is 10.2 Å². The van der Waals surface area contributed by atoms with Crippen LogP contribution in [-0.2, 0) is 11.3 Å². The van der Waals surface area contributed by atoms with Gasteiger partial charge in [0.15, 0.2) is 0 Å². The number of nitrogens with zero attached hydrogens (tertiary/aromatic N) is 3. The van der Waals surface area contributed by atoms with E-state index in [9.17, 15) is 4.79 Å². The van der Waals surface area contributed by atoms with Gasteiger partial charge in [0, 0.05) is 18.8 Å². The van der Waals surface area contributed by atoms with Crippen molar-refractivity contribution in [2.45, 2.75) is 13.5 Å². The van der Waals surface area contributed by atoms with Gasteiger partial charge in [0.25, 0.3) is 5.89 Å². The van der Waals surface area contributed by atoms with Crippen LogP contribution < -0.4 is 10.1 Å². The molecule has 2 aromatic heterocycles. The summed E-state index contributed by atoms with van der Waals surface area (Å²) in [7, 11) is 1.53. The Labute approximate surface area is 143 Å². The smallest absolute Gasteiger partial charge is 0.264 e. The van der Waals surface area contributed by atoms with E-state index in [1.165, 1.54) is 7.11 Å². The molecule has 24 heavy (non-hydrogen) atoms. The number of amides is 1. The second kappa shape index (κ2) is 6.76. The van der Waals surface area contributed by atoms with E-state index < -0.39 is 0 Å². The molecule has 0 radical (unpaired) electrons. The molecule has 0 saturated carbocycles. The van der Waals surface area contributed by atoms with Crippen molar-refractivity contribution >= 4 is 23.2 Å². The third-order valence-corrected chi connectivity index (χ3v) is 3.62. The average Bonchev–Trinajstić information content (AvgIpc) is 3.16. The number of benzene rings is 1. The highest BCUT2D eigenvalue weighted by Gasteiger charge is 2.13. The maximum atomic E-state index is 12.3. The maximum Gasteiger partial charge on any atom is 0.264 e. The van der Waals surface area contributed by atoms with Gasteiger partial charge in [0.2, 0.25) is 11.8 Å². The molecule has 0 aliphatic carbocycles. The summed E-state index contributed by atoms with van der Waals surface area (Å²) < 4.78 is 12.2. The van der Waals surface area contributed by atoms with E-state index >= 15 is 0 Å². The molecule has 0 unspecified atom stereocenters. The number of aromatic nitrogens is 3. The molecule has 0 aliphatic rings. The first kappa shape index (κ1) is 16.1. The zero-order valence-electron chi connectivity index (χ0n) is 13.1. The van der Waals surface area contributed by atoms with Crippen molar-refractivity contribution in [3.8, 4) is 17.3 Å². The van der Waals surface area contributed by atoms with Crippen molar-refractivity contribution < 1.29 is 13.9 Å². The van der Waals surface area contributed by atoms with Gasteiger partial charge >= 0.3 is 0 Å². The SMILES string of the molecule is COc1ccc(NC(=O)Cn2cccc2-c2nnc(C)o2)cc1Cl. The fourth-order valence-electron chi connectivity index (χ4n) is 2.25. The van der Waals surface area contributed by atoms with Crippen molar-refractivity contribution in [2.24, 2.45) is 0 Å². The number of nitrogens with one attached hydrogen (secondary N) is 1. The molecule has 3 rings (SSSR count). The topological polar surface area (TPSA) is 82.2 Å². The Morgan fingerprint density at radius 1 is 1.38 bits per heavy atom. The van der Waals surface area contributed by atoms with Gasteiger partial charge in [-0.1, -0.05) is 11.6 Å². The van der Waals surface area contributed by atoms with Gasteiger partial charge in [0.05, 0.1) is 12.1 Å². The minimum absolute atomic E-state index is 0.105. The largest absolute Gasteiger partial charge is 0.495 e. The molecule has 124 valence electrons. The van der Waals surface area contributed by atoms with E-state index in [4.69, 9.17) is 20.8 Å². The number of carbonyl (C=O) groups is 1. The number of methoxy groups -OCH3 is 1. The predicted octanol–water partition coefficient (Wildman–Crippen LogP) is 3.15. The van der Waals surface area contributed by atoms with Crippen LogP contribution in [0.1, 0.15) is 5.89 Å². The number of aryl methyl sites for hydroxylation is 1. The van der Waals surface area contributed by atoms with Crippen molar-refractivity contribution in [3.05, 3.63) is 47.4 Å². The lowest BCUT2D eigenvalue weighted by Gasteiger charge is -2.10. The third-order valence-electron chi connectivity index (χ3n) is 3.32. The van der Waals surface area contributed by atoms with Crippen LogP contribution in [0.15, 0.2) is 40.9 Å². The fraction of sp³-hybridized carbons (Fsp3) is 0.188. The first-order valence-corrected chi connectivity index (χ1v) is 7.53. The monoisotopic (exact) mass is 346 g/mol. The summed E-state index contributed by atoms with van der Waals surface area (Å²) in [5, 5.41) is 11.0. The Balaban J connectivity index is 1.72. The van der Waals surface area contributed by atoms with Crippen LogP contribution in [0, 0.1) is 6.92 Å². The lowest BCUT2D eigenvalue weighted by Crippen LogP contribution is -2.18. The van der Waals surface area contributed by atoms with Crippen LogP contribution in [0.4, 0.5) is 5.69 Å². The van der Waals surface area contributed by atoms with Gasteiger partial charge in [-0.25, -0.2) is 0 Å². The molecular weight excluding hydrogens is 332 g/mol. The van der Waals surface area contributed by atoms with Gasteiger partial charge < -0.3 is 19.0 Å². The van der Waals surface area contributed by atoms with Gasteiger partial charge in [-0.05, 0) is 30.3 Å². The molecule has 0 spiro atoms. The highest BCUT2D eigenvalue weighted by Crippen LogP contribution is 2.27. The van der Waals surface area contributed by atoms with Crippen LogP contribution in [0.2, 0.25) is 5.02 Å². The number of ether oxygens (including phenoxy) is 1. The number of hydrogen-bond acceptors (Lipinski definition) is 5. The molecule has 8 heteroatoms. The molecule has 0 atom stereocenters. The van der Waals surface area contributed by atoms with Crippen molar-refractivity contribution in [1.82, 2.24) is 14.8 Å². The van der Waals surface area contributed by atoms with E-state index in [0.717, 1.165) is 0 Å². The highest BCUT2D eigenvalue weighted by atomic mass is 35.5. The van der Waals surface area contributed by atoms with Gasteiger partial charge in [-0.2, -0.15) is 0 Å².